The van der Waals surface area contributed by atoms with Gasteiger partial charge in [-0.05, 0) is 36.1 Å². The second-order valence-corrected chi connectivity index (χ2v) is 5.72. The monoisotopic (exact) mass is 233 g/mol. The van der Waals surface area contributed by atoms with Crippen molar-refractivity contribution in [3.05, 3.63) is 35.4 Å². The molecule has 96 valence electrons. The average Bonchev–Trinajstić information content (AvgIpc) is 2.30. The van der Waals surface area contributed by atoms with Gasteiger partial charge in [-0.15, -0.1) is 0 Å². The van der Waals surface area contributed by atoms with Crippen LogP contribution >= 0.6 is 0 Å². The van der Waals surface area contributed by atoms with Gasteiger partial charge in [0.05, 0.1) is 0 Å². The summed E-state index contributed by atoms with van der Waals surface area (Å²) in [5.41, 5.74) is 3.13. The van der Waals surface area contributed by atoms with Gasteiger partial charge in [0.2, 0.25) is 0 Å². The van der Waals surface area contributed by atoms with E-state index in [9.17, 15) is 0 Å². The van der Waals surface area contributed by atoms with E-state index in [1.807, 2.05) is 0 Å². The fourth-order valence-corrected chi connectivity index (χ4v) is 2.00. The largest absolute Gasteiger partial charge is 0.304 e. The van der Waals surface area contributed by atoms with Crippen LogP contribution in [0.2, 0.25) is 0 Å². The normalized spacial score (nSPS) is 12.1. The van der Waals surface area contributed by atoms with Crippen molar-refractivity contribution in [2.24, 2.45) is 0 Å². The summed E-state index contributed by atoms with van der Waals surface area (Å²) >= 11 is 0. The maximum Gasteiger partial charge on any atom is 0.00216 e. The third kappa shape index (κ3) is 4.51. The van der Waals surface area contributed by atoms with Crippen LogP contribution in [0.1, 0.15) is 45.7 Å². The third-order valence-corrected chi connectivity index (χ3v) is 3.43. The molecule has 0 amide bonds. The van der Waals surface area contributed by atoms with E-state index in [4.69, 9.17) is 0 Å². The molecule has 0 aliphatic carbocycles. The Morgan fingerprint density at radius 1 is 0.941 bits per heavy atom. The highest BCUT2D eigenvalue weighted by atomic mass is 15.1. The summed E-state index contributed by atoms with van der Waals surface area (Å²) in [6, 6.07) is 9.11. The summed E-state index contributed by atoms with van der Waals surface area (Å²) in [6.45, 7) is 14.7. The van der Waals surface area contributed by atoms with Crippen LogP contribution in [0, 0.1) is 0 Å². The Hall–Kier alpha value is -0.820. The molecule has 0 spiro atoms. The highest BCUT2D eigenvalue weighted by Crippen LogP contribution is 2.22. The van der Waals surface area contributed by atoms with Gasteiger partial charge in [-0.1, -0.05) is 58.9 Å². The molecule has 0 N–H and O–H groups in total. The first-order chi connectivity index (χ1) is 7.97. The van der Waals surface area contributed by atoms with Crippen LogP contribution in [0.4, 0.5) is 0 Å². The number of hydrogen-bond acceptors (Lipinski definition) is 1. The van der Waals surface area contributed by atoms with Crippen LogP contribution in [-0.4, -0.2) is 24.5 Å². The number of hydrogen-bond donors (Lipinski definition) is 0. The molecule has 0 aliphatic heterocycles. The van der Waals surface area contributed by atoms with Gasteiger partial charge in [-0.25, -0.2) is 0 Å². The fraction of sp³-hybridized carbons (Fsp3) is 0.625. The number of likely N-dealkylation sites (N-methyl/N-ethyl adjacent to an activating group) is 1. The van der Waals surface area contributed by atoms with Crippen molar-refractivity contribution in [1.29, 1.82) is 0 Å². The summed E-state index contributed by atoms with van der Waals surface area (Å²) in [5.74, 6) is 0. The lowest BCUT2D eigenvalue weighted by atomic mass is 9.86. The molecule has 1 rings (SSSR count). The lowest BCUT2D eigenvalue weighted by molar-refractivity contribution is 0.308. The summed E-state index contributed by atoms with van der Waals surface area (Å²) in [6.07, 6.45) is 1.16. The summed E-state index contributed by atoms with van der Waals surface area (Å²) in [5, 5.41) is 0. The Kier molecular flexibility index (Phi) is 5.20. The van der Waals surface area contributed by atoms with E-state index in [1.165, 1.54) is 17.7 Å². The number of nitrogens with zero attached hydrogens (tertiary/aromatic N) is 1. The molecule has 0 radical (unpaired) electrons. The molecule has 0 aromatic heterocycles. The quantitative estimate of drug-likeness (QED) is 0.746. The predicted octanol–water partition coefficient (Wildman–Crippen LogP) is 3.87. The zero-order chi connectivity index (χ0) is 12.9. The fourth-order valence-electron chi connectivity index (χ4n) is 2.00. The van der Waals surface area contributed by atoms with Gasteiger partial charge in [0.25, 0.3) is 0 Å². The topological polar surface area (TPSA) is 3.24 Å². The highest BCUT2D eigenvalue weighted by molar-refractivity contribution is 5.27. The van der Waals surface area contributed by atoms with E-state index in [1.54, 1.807) is 0 Å². The summed E-state index contributed by atoms with van der Waals surface area (Å²) in [4.78, 5) is 2.47. The van der Waals surface area contributed by atoms with Crippen LogP contribution in [0.3, 0.4) is 0 Å². The van der Waals surface area contributed by atoms with Crippen LogP contribution < -0.4 is 0 Å². The Balaban J connectivity index is 2.57. The standard InChI is InChI=1S/C16H27N/c1-6-17(7-2)13-12-14-8-10-15(11-9-14)16(3,4)5/h8-11H,6-7,12-13H2,1-5H3. The van der Waals surface area contributed by atoms with Crippen LogP contribution in [0.5, 0.6) is 0 Å². The second kappa shape index (κ2) is 6.20. The third-order valence-electron chi connectivity index (χ3n) is 3.43. The van der Waals surface area contributed by atoms with E-state index in [0.29, 0.717) is 0 Å². The molecule has 0 bridgehead atoms. The lowest BCUT2D eigenvalue weighted by Crippen LogP contribution is -2.25. The molecule has 0 saturated carbocycles. The van der Waals surface area contributed by atoms with Crippen LogP contribution in [0.25, 0.3) is 0 Å². The zero-order valence-corrected chi connectivity index (χ0v) is 12.1. The molecule has 17 heavy (non-hydrogen) atoms. The van der Waals surface area contributed by atoms with E-state index in [-0.39, 0.29) is 5.41 Å². The maximum atomic E-state index is 2.47. The molecule has 1 heteroatoms. The van der Waals surface area contributed by atoms with E-state index in [0.717, 1.165) is 19.5 Å². The van der Waals surface area contributed by atoms with Crippen molar-refractivity contribution in [2.45, 2.75) is 46.5 Å². The van der Waals surface area contributed by atoms with Gasteiger partial charge in [0.1, 0.15) is 0 Å². The predicted molar refractivity (Wildman–Crippen MR) is 76.6 cm³/mol. The van der Waals surface area contributed by atoms with Crippen molar-refractivity contribution in [3.8, 4) is 0 Å². The van der Waals surface area contributed by atoms with Crippen LogP contribution in [-0.2, 0) is 11.8 Å². The first-order valence-electron chi connectivity index (χ1n) is 6.79. The molecular weight excluding hydrogens is 206 g/mol. The first kappa shape index (κ1) is 14.2. The first-order valence-corrected chi connectivity index (χ1v) is 6.79. The van der Waals surface area contributed by atoms with E-state index >= 15 is 0 Å². The molecule has 0 aliphatic rings. The minimum Gasteiger partial charge on any atom is -0.304 e. The molecular formula is C16H27N. The SMILES string of the molecule is CCN(CC)CCc1ccc(C(C)(C)C)cc1. The molecule has 1 nitrogen and oxygen atoms in total. The molecule has 1 aromatic carbocycles. The van der Waals surface area contributed by atoms with E-state index < -0.39 is 0 Å². The maximum absolute atomic E-state index is 2.47. The molecule has 0 fully saturated rings. The highest BCUT2D eigenvalue weighted by Gasteiger charge is 2.12. The van der Waals surface area contributed by atoms with Crippen molar-refractivity contribution < 1.29 is 0 Å². The Labute approximate surface area is 107 Å². The summed E-state index contributed by atoms with van der Waals surface area (Å²) in [7, 11) is 0. The van der Waals surface area contributed by atoms with Crippen LogP contribution in [0.15, 0.2) is 24.3 Å². The lowest BCUT2D eigenvalue weighted by Gasteiger charge is -2.20. The van der Waals surface area contributed by atoms with Gasteiger partial charge in [0, 0.05) is 6.54 Å². The van der Waals surface area contributed by atoms with Gasteiger partial charge in [0.15, 0.2) is 0 Å². The Bertz CT molecular complexity index is 314. The molecule has 0 saturated heterocycles. The minimum atomic E-state index is 0.261. The number of benzene rings is 1. The van der Waals surface area contributed by atoms with Gasteiger partial charge >= 0.3 is 0 Å². The smallest absolute Gasteiger partial charge is 0.00216 e. The minimum absolute atomic E-state index is 0.261. The van der Waals surface area contributed by atoms with Gasteiger partial charge < -0.3 is 4.90 Å². The summed E-state index contributed by atoms with van der Waals surface area (Å²) < 4.78 is 0. The van der Waals surface area contributed by atoms with E-state index in [2.05, 4.69) is 63.8 Å². The Morgan fingerprint density at radius 2 is 1.47 bits per heavy atom. The second-order valence-electron chi connectivity index (χ2n) is 5.72. The molecule has 0 heterocycles. The van der Waals surface area contributed by atoms with Crippen molar-refractivity contribution >= 4 is 0 Å². The van der Waals surface area contributed by atoms with Crippen molar-refractivity contribution in [1.82, 2.24) is 4.90 Å². The molecule has 0 unspecified atom stereocenters. The average molecular weight is 233 g/mol. The Morgan fingerprint density at radius 3 is 1.88 bits per heavy atom. The van der Waals surface area contributed by atoms with Gasteiger partial charge in [-0.2, -0.15) is 0 Å². The molecule has 1 aromatic rings. The van der Waals surface area contributed by atoms with Gasteiger partial charge in [-0.3, -0.25) is 0 Å². The zero-order valence-electron chi connectivity index (χ0n) is 12.1. The molecule has 0 atom stereocenters. The van der Waals surface area contributed by atoms with Crippen molar-refractivity contribution in [2.75, 3.05) is 19.6 Å². The number of rotatable bonds is 5. The van der Waals surface area contributed by atoms with Crippen molar-refractivity contribution in [3.63, 3.8) is 0 Å².